The van der Waals surface area contributed by atoms with Crippen LogP contribution in [0.5, 0.6) is 0 Å². The second kappa shape index (κ2) is 5.59. The fourth-order valence-electron chi connectivity index (χ4n) is 1.19. The van der Waals surface area contributed by atoms with Crippen molar-refractivity contribution < 1.29 is 13.2 Å². The normalized spacial score (nSPS) is 18.4. The lowest BCUT2D eigenvalue weighted by Gasteiger charge is -2.29. The third-order valence-electron chi connectivity index (χ3n) is 2.49. The molecule has 0 amide bonds. The van der Waals surface area contributed by atoms with E-state index in [1.807, 2.05) is 0 Å². The smallest absolute Gasteiger partial charge is 0.281 e. The molecule has 7 heteroatoms. The average Bonchev–Trinajstić information content (AvgIpc) is 1.96. The van der Waals surface area contributed by atoms with Gasteiger partial charge in [0.05, 0.1) is 0 Å². The highest BCUT2D eigenvalue weighted by atomic mass is 32.2. The Balaban J connectivity index is 2.11. The predicted molar refractivity (Wildman–Crippen MR) is 67.2 cm³/mol. The van der Waals surface area contributed by atoms with Gasteiger partial charge in [0, 0.05) is 27.8 Å². The standard InChI is InChI=1S/C9H22N2O3SSi/c1-16(2,3)8-7-14-9-10-15(12,13)11-5-4-6-11/h10H,4-9H2,1-3H3. The van der Waals surface area contributed by atoms with Crippen molar-refractivity contribution in [3.63, 3.8) is 0 Å². The number of ether oxygens (including phenoxy) is 1. The molecule has 0 radical (unpaired) electrons. The van der Waals surface area contributed by atoms with Crippen molar-refractivity contribution in [2.24, 2.45) is 0 Å². The molecular weight excluding hydrogens is 244 g/mol. The topological polar surface area (TPSA) is 58.6 Å². The fraction of sp³-hybridized carbons (Fsp3) is 1.00. The van der Waals surface area contributed by atoms with E-state index in [2.05, 4.69) is 24.4 Å². The Morgan fingerprint density at radius 2 is 1.94 bits per heavy atom. The largest absolute Gasteiger partial charge is 0.366 e. The molecule has 0 atom stereocenters. The van der Waals surface area contributed by atoms with Crippen LogP contribution in [-0.4, -0.2) is 47.2 Å². The van der Waals surface area contributed by atoms with Gasteiger partial charge < -0.3 is 4.74 Å². The van der Waals surface area contributed by atoms with Gasteiger partial charge in [0.2, 0.25) is 0 Å². The summed E-state index contributed by atoms with van der Waals surface area (Å²) >= 11 is 0. The van der Waals surface area contributed by atoms with Crippen molar-refractivity contribution in [1.29, 1.82) is 0 Å². The Morgan fingerprint density at radius 3 is 2.38 bits per heavy atom. The fourth-order valence-corrected chi connectivity index (χ4v) is 3.10. The predicted octanol–water partition coefficient (Wildman–Crippen LogP) is 0.839. The number of nitrogens with one attached hydrogen (secondary N) is 1. The van der Waals surface area contributed by atoms with E-state index in [0.29, 0.717) is 19.7 Å². The van der Waals surface area contributed by atoms with Gasteiger partial charge in [0.15, 0.2) is 0 Å². The van der Waals surface area contributed by atoms with E-state index in [1.165, 1.54) is 4.31 Å². The third kappa shape index (κ3) is 4.92. The SMILES string of the molecule is C[Si](C)(C)CCOCNS(=O)(=O)N1CCC1. The second-order valence-electron chi connectivity index (χ2n) is 5.27. The molecule has 0 unspecified atom stereocenters. The van der Waals surface area contributed by atoms with Gasteiger partial charge in [-0.15, -0.1) is 0 Å². The molecular formula is C9H22N2O3SSi. The van der Waals surface area contributed by atoms with Crippen LogP contribution in [0, 0.1) is 0 Å². The van der Waals surface area contributed by atoms with Crippen molar-refractivity contribution in [1.82, 2.24) is 9.03 Å². The molecule has 16 heavy (non-hydrogen) atoms. The summed E-state index contributed by atoms with van der Waals surface area (Å²) < 4.78 is 32.2. The monoisotopic (exact) mass is 266 g/mol. The zero-order valence-electron chi connectivity index (χ0n) is 10.3. The van der Waals surface area contributed by atoms with Crippen molar-refractivity contribution in [3.8, 4) is 0 Å². The summed E-state index contributed by atoms with van der Waals surface area (Å²) in [6.07, 6.45) is 0.956. The van der Waals surface area contributed by atoms with Gasteiger partial charge >= 0.3 is 0 Å². The molecule has 1 aliphatic heterocycles. The Bertz CT molecular complexity index is 309. The van der Waals surface area contributed by atoms with Crippen LogP contribution in [0.2, 0.25) is 25.7 Å². The summed E-state index contributed by atoms with van der Waals surface area (Å²) in [6, 6.07) is 1.05. The molecule has 0 aromatic heterocycles. The zero-order chi connectivity index (χ0) is 12.2. The third-order valence-corrected chi connectivity index (χ3v) is 5.73. The lowest BCUT2D eigenvalue weighted by molar-refractivity contribution is 0.140. The summed E-state index contributed by atoms with van der Waals surface area (Å²) in [5.41, 5.74) is 0. The van der Waals surface area contributed by atoms with E-state index in [1.54, 1.807) is 0 Å². The van der Waals surface area contributed by atoms with E-state index in [4.69, 9.17) is 4.74 Å². The number of rotatable bonds is 7. The van der Waals surface area contributed by atoms with Crippen molar-refractivity contribution in [2.75, 3.05) is 26.4 Å². The van der Waals surface area contributed by atoms with Crippen LogP contribution < -0.4 is 4.72 Å². The highest BCUT2D eigenvalue weighted by Gasteiger charge is 2.26. The van der Waals surface area contributed by atoms with Gasteiger partial charge in [-0.3, -0.25) is 0 Å². The maximum absolute atomic E-state index is 11.5. The molecule has 0 aliphatic carbocycles. The van der Waals surface area contributed by atoms with E-state index in [-0.39, 0.29) is 6.73 Å². The Morgan fingerprint density at radius 1 is 1.31 bits per heavy atom. The van der Waals surface area contributed by atoms with Crippen molar-refractivity contribution in [2.45, 2.75) is 32.1 Å². The quantitative estimate of drug-likeness (QED) is 0.422. The minimum atomic E-state index is -3.27. The molecule has 1 fully saturated rings. The molecule has 1 rings (SSSR count). The molecule has 96 valence electrons. The first-order valence-electron chi connectivity index (χ1n) is 5.64. The lowest BCUT2D eigenvalue weighted by Crippen LogP contribution is -2.48. The number of hydrogen-bond acceptors (Lipinski definition) is 3. The first-order valence-corrected chi connectivity index (χ1v) is 10.8. The van der Waals surface area contributed by atoms with Crippen LogP contribution in [-0.2, 0) is 14.9 Å². The first-order chi connectivity index (χ1) is 7.31. The van der Waals surface area contributed by atoms with Crippen molar-refractivity contribution in [3.05, 3.63) is 0 Å². The average molecular weight is 266 g/mol. The van der Waals surface area contributed by atoms with Crippen LogP contribution >= 0.6 is 0 Å². The maximum atomic E-state index is 11.5. The maximum Gasteiger partial charge on any atom is 0.281 e. The lowest BCUT2D eigenvalue weighted by atomic mass is 10.3. The highest BCUT2D eigenvalue weighted by Crippen LogP contribution is 2.10. The second-order valence-corrected chi connectivity index (χ2v) is 12.6. The van der Waals surface area contributed by atoms with Gasteiger partial charge in [0.25, 0.3) is 10.2 Å². The molecule has 0 spiro atoms. The molecule has 1 heterocycles. The number of nitrogens with zero attached hydrogens (tertiary/aromatic N) is 1. The van der Waals surface area contributed by atoms with Gasteiger partial charge in [-0.05, 0) is 12.5 Å². The van der Waals surface area contributed by atoms with E-state index >= 15 is 0 Å². The molecule has 1 saturated heterocycles. The van der Waals surface area contributed by atoms with Crippen LogP contribution in [0.15, 0.2) is 0 Å². The van der Waals surface area contributed by atoms with Gasteiger partial charge in [-0.25, -0.2) is 0 Å². The first kappa shape index (κ1) is 14.1. The number of hydrogen-bond donors (Lipinski definition) is 1. The van der Waals surface area contributed by atoms with E-state index in [0.717, 1.165) is 12.5 Å². The van der Waals surface area contributed by atoms with Crippen LogP contribution in [0.4, 0.5) is 0 Å². The minimum Gasteiger partial charge on any atom is -0.366 e. The van der Waals surface area contributed by atoms with Crippen molar-refractivity contribution >= 4 is 18.3 Å². The highest BCUT2D eigenvalue weighted by molar-refractivity contribution is 7.87. The summed E-state index contributed by atoms with van der Waals surface area (Å²) in [7, 11) is -4.35. The minimum absolute atomic E-state index is 0.0866. The van der Waals surface area contributed by atoms with Crippen LogP contribution in [0.25, 0.3) is 0 Å². The Kier molecular flexibility index (Phi) is 4.93. The summed E-state index contributed by atoms with van der Waals surface area (Å²) in [5, 5.41) is 0. The summed E-state index contributed by atoms with van der Waals surface area (Å²) in [4.78, 5) is 0. The Labute approximate surface area is 99.4 Å². The molecule has 0 saturated carbocycles. The zero-order valence-corrected chi connectivity index (χ0v) is 12.1. The van der Waals surface area contributed by atoms with E-state index < -0.39 is 18.3 Å². The van der Waals surface area contributed by atoms with E-state index in [9.17, 15) is 8.42 Å². The molecule has 1 N–H and O–H groups in total. The van der Waals surface area contributed by atoms with Crippen LogP contribution in [0.3, 0.4) is 0 Å². The molecule has 5 nitrogen and oxygen atoms in total. The Hall–Kier alpha value is 0.0469. The molecule has 1 aliphatic rings. The molecule has 0 aromatic carbocycles. The molecule has 0 bridgehead atoms. The van der Waals surface area contributed by atoms with Crippen LogP contribution in [0.1, 0.15) is 6.42 Å². The van der Waals surface area contributed by atoms with Gasteiger partial charge in [0.1, 0.15) is 6.73 Å². The summed E-state index contributed by atoms with van der Waals surface area (Å²) in [6.45, 7) is 8.78. The van der Waals surface area contributed by atoms with Gasteiger partial charge in [-0.2, -0.15) is 17.4 Å². The summed E-state index contributed by atoms with van der Waals surface area (Å²) in [5.74, 6) is 0. The van der Waals surface area contributed by atoms with Gasteiger partial charge in [-0.1, -0.05) is 19.6 Å². The molecule has 0 aromatic rings.